The number of para-hydroxylation sites is 1. The predicted octanol–water partition coefficient (Wildman–Crippen LogP) is 3.08. The molecule has 0 aliphatic carbocycles. The lowest BCUT2D eigenvalue weighted by Crippen LogP contribution is -2.07. The van der Waals surface area contributed by atoms with Crippen molar-refractivity contribution in [2.75, 3.05) is 19.0 Å². The van der Waals surface area contributed by atoms with Gasteiger partial charge in [-0.3, -0.25) is 0 Å². The summed E-state index contributed by atoms with van der Waals surface area (Å²) in [6.07, 6.45) is 0.442. The van der Waals surface area contributed by atoms with Gasteiger partial charge in [-0.2, -0.15) is 0 Å². The summed E-state index contributed by atoms with van der Waals surface area (Å²) in [4.78, 5) is 0. The molecule has 0 saturated carbocycles. The largest absolute Gasteiger partial charge is 0.494 e. The van der Waals surface area contributed by atoms with Gasteiger partial charge in [0.05, 0.1) is 13.2 Å². The van der Waals surface area contributed by atoms with Gasteiger partial charge in [-0.25, -0.2) is 4.39 Å². The van der Waals surface area contributed by atoms with E-state index in [1.165, 1.54) is 12.7 Å². The monoisotopic (exact) mass is 287 g/mol. The van der Waals surface area contributed by atoms with Crippen LogP contribution in [0.3, 0.4) is 0 Å². The number of hydrogen-bond donors (Lipinski definition) is 2. The normalized spacial score (nSPS) is 14.4. The SMILES string of the molecule is COc1cccc(CC(O)c2cccc3c2NCC3)c1F. The molecule has 2 aromatic carbocycles. The van der Waals surface area contributed by atoms with Crippen LogP contribution in [0.15, 0.2) is 36.4 Å². The van der Waals surface area contributed by atoms with Crippen molar-refractivity contribution in [1.82, 2.24) is 0 Å². The quantitative estimate of drug-likeness (QED) is 0.908. The van der Waals surface area contributed by atoms with Crippen LogP contribution < -0.4 is 10.1 Å². The van der Waals surface area contributed by atoms with Crippen LogP contribution in [0.1, 0.15) is 22.8 Å². The van der Waals surface area contributed by atoms with E-state index in [0.29, 0.717) is 5.56 Å². The van der Waals surface area contributed by atoms with Gasteiger partial charge in [-0.05, 0) is 23.6 Å². The third kappa shape index (κ3) is 2.59. The molecule has 1 aliphatic rings. The van der Waals surface area contributed by atoms with Crippen molar-refractivity contribution < 1.29 is 14.2 Å². The third-order valence-electron chi connectivity index (χ3n) is 3.91. The molecular formula is C17H18FNO2. The van der Waals surface area contributed by atoms with E-state index < -0.39 is 11.9 Å². The number of methoxy groups -OCH3 is 1. The van der Waals surface area contributed by atoms with E-state index in [0.717, 1.165) is 24.2 Å². The molecule has 0 saturated heterocycles. The lowest BCUT2D eigenvalue weighted by atomic mass is 9.97. The number of ether oxygens (including phenoxy) is 1. The van der Waals surface area contributed by atoms with Crippen molar-refractivity contribution in [2.24, 2.45) is 0 Å². The summed E-state index contributed by atoms with van der Waals surface area (Å²) in [7, 11) is 1.44. The summed E-state index contributed by atoms with van der Waals surface area (Å²) in [5, 5.41) is 13.8. The van der Waals surface area contributed by atoms with Crippen molar-refractivity contribution in [3.8, 4) is 5.75 Å². The van der Waals surface area contributed by atoms with E-state index in [4.69, 9.17) is 4.74 Å². The van der Waals surface area contributed by atoms with Crippen LogP contribution in [0.4, 0.5) is 10.1 Å². The first-order chi connectivity index (χ1) is 10.2. The Hall–Kier alpha value is -2.07. The van der Waals surface area contributed by atoms with Crippen molar-refractivity contribution >= 4 is 5.69 Å². The number of benzene rings is 2. The highest BCUT2D eigenvalue weighted by atomic mass is 19.1. The second kappa shape index (κ2) is 5.74. The topological polar surface area (TPSA) is 41.5 Å². The van der Waals surface area contributed by atoms with Gasteiger partial charge in [0.1, 0.15) is 0 Å². The Bertz CT molecular complexity index is 657. The number of nitrogens with one attached hydrogen (secondary N) is 1. The molecule has 0 spiro atoms. The molecule has 2 aromatic rings. The van der Waals surface area contributed by atoms with Crippen LogP contribution in [0, 0.1) is 5.82 Å². The van der Waals surface area contributed by atoms with E-state index >= 15 is 0 Å². The fourth-order valence-corrected chi connectivity index (χ4v) is 2.83. The van der Waals surface area contributed by atoms with Gasteiger partial charge in [0.2, 0.25) is 0 Å². The van der Waals surface area contributed by atoms with E-state index in [1.54, 1.807) is 18.2 Å². The van der Waals surface area contributed by atoms with Gasteiger partial charge in [0, 0.05) is 24.2 Å². The van der Waals surface area contributed by atoms with Crippen molar-refractivity contribution in [3.05, 3.63) is 58.9 Å². The Morgan fingerprint density at radius 1 is 1.29 bits per heavy atom. The molecule has 3 rings (SSSR count). The maximum absolute atomic E-state index is 14.2. The summed E-state index contributed by atoms with van der Waals surface area (Å²) >= 11 is 0. The number of rotatable bonds is 4. The van der Waals surface area contributed by atoms with E-state index in [2.05, 4.69) is 11.4 Å². The molecule has 0 aromatic heterocycles. The van der Waals surface area contributed by atoms with E-state index in [1.807, 2.05) is 12.1 Å². The number of halogens is 1. The molecule has 1 heterocycles. The van der Waals surface area contributed by atoms with Gasteiger partial charge >= 0.3 is 0 Å². The average molecular weight is 287 g/mol. The van der Waals surface area contributed by atoms with Gasteiger partial charge in [-0.1, -0.05) is 30.3 Å². The van der Waals surface area contributed by atoms with Gasteiger partial charge in [0.25, 0.3) is 0 Å². The Kier molecular flexibility index (Phi) is 3.80. The second-order valence-corrected chi connectivity index (χ2v) is 5.21. The maximum Gasteiger partial charge on any atom is 0.168 e. The zero-order valence-corrected chi connectivity index (χ0v) is 11.9. The number of aliphatic hydroxyl groups excluding tert-OH is 1. The van der Waals surface area contributed by atoms with Crippen molar-refractivity contribution in [3.63, 3.8) is 0 Å². The first-order valence-electron chi connectivity index (χ1n) is 7.06. The Morgan fingerprint density at radius 3 is 2.90 bits per heavy atom. The second-order valence-electron chi connectivity index (χ2n) is 5.21. The molecule has 0 amide bonds. The summed E-state index contributed by atoms with van der Waals surface area (Å²) in [6, 6.07) is 10.9. The number of hydrogen-bond acceptors (Lipinski definition) is 3. The van der Waals surface area contributed by atoms with Gasteiger partial charge in [-0.15, -0.1) is 0 Å². The molecular weight excluding hydrogens is 269 g/mol. The molecule has 4 heteroatoms. The average Bonchev–Trinajstić information content (AvgIpc) is 2.97. The fourth-order valence-electron chi connectivity index (χ4n) is 2.83. The zero-order chi connectivity index (χ0) is 14.8. The highest BCUT2D eigenvalue weighted by Gasteiger charge is 2.20. The molecule has 3 nitrogen and oxygen atoms in total. The van der Waals surface area contributed by atoms with Crippen LogP contribution >= 0.6 is 0 Å². The maximum atomic E-state index is 14.2. The minimum atomic E-state index is -0.743. The molecule has 1 unspecified atom stereocenters. The standard InChI is InChI=1S/C17H18FNO2/c1-21-15-7-3-5-12(16(15)18)10-14(20)13-6-2-4-11-8-9-19-17(11)13/h2-7,14,19-20H,8-10H2,1H3. The van der Waals surface area contributed by atoms with Gasteiger partial charge < -0.3 is 15.2 Å². The van der Waals surface area contributed by atoms with Crippen LogP contribution in [-0.2, 0) is 12.8 Å². The van der Waals surface area contributed by atoms with Gasteiger partial charge in [0.15, 0.2) is 11.6 Å². The van der Waals surface area contributed by atoms with E-state index in [9.17, 15) is 9.50 Å². The first kappa shape index (κ1) is 13.9. The minimum absolute atomic E-state index is 0.205. The summed E-state index contributed by atoms with van der Waals surface area (Å²) in [6.45, 7) is 0.882. The molecule has 1 atom stereocenters. The predicted molar refractivity (Wildman–Crippen MR) is 80.3 cm³/mol. The smallest absolute Gasteiger partial charge is 0.168 e. The molecule has 110 valence electrons. The molecule has 0 radical (unpaired) electrons. The zero-order valence-electron chi connectivity index (χ0n) is 11.9. The number of fused-ring (bicyclic) bond motifs is 1. The lowest BCUT2D eigenvalue weighted by Gasteiger charge is -2.16. The molecule has 0 fully saturated rings. The highest BCUT2D eigenvalue weighted by molar-refractivity contribution is 5.62. The number of anilines is 1. The Morgan fingerprint density at radius 2 is 2.10 bits per heavy atom. The summed E-state index contributed by atoms with van der Waals surface area (Å²) in [5.41, 5.74) is 3.48. The Labute approximate surface area is 123 Å². The molecule has 1 aliphatic heterocycles. The van der Waals surface area contributed by atoms with E-state index in [-0.39, 0.29) is 12.2 Å². The van der Waals surface area contributed by atoms with Crippen LogP contribution in [0.2, 0.25) is 0 Å². The Balaban J connectivity index is 1.88. The van der Waals surface area contributed by atoms with Crippen molar-refractivity contribution in [1.29, 1.82) is 0 Å². The third-order valence-corrected chi connectivity index (χ3v) is 3.91. The highest BCUT2D eigenvalue weighted by Crippen LogP contribution is 2.33. The molecule has 0 bridgehead atoms. The number of aliphatic hydroxyl groups is 1. The summed E-state index contributed by atoms with van der Waals surface area (Å²) in [5.74, 6) is -0.198. The van der Waals surface area contributed by atoms with Crippen LogP contribution in [-0.4, -0.2) is 18.8 Å². The molecule has 21 heavy (non-hydrogen) atoms. The lowest BCUT2D eigenvalue weighted by molar-refractivity contribution is 0.177. The van der Waals surface area contributed by atoms with Crippen molar-refractivity contribution in [2.45, 2.75) is 18.9 Å². The fraction of sp³-hybridized carbons (Fsp3) is 0.294. The molecule has 2 N–H and O–H groups in total. The van der Waals surface area contributed by atoms with Crippen LogP contribution in [0.25, 0.3) is 0 Å². The first-order valence-corrected chi connectivity index (χ1v) is 7.06. The minimum Gasteiger partial charge on any atom is -0.494 e. The van der Waals surface area contributed by atoms with Crippen LogP contribution in [0.5, 0.6) is 5.75 Å². The summed E-state index contributed by atoms with van der Waals surface area (Å²) < 4.78 is 19.1.